The molecule has 0 spiro atoms. The van der Waals surface area contributed by atoms with Gasteiger partial charge in [0.15, 0.2) is 0 Å². The van der Waals surface area contributed by atoms with Crippen molar-refractivity contribution in [2.75, 3.05) is 11.9 Å². The predicted octanol–water partition coefficient (Wildman–Crippen LogP) is 5.79. The van der Waals surface area contributed by atoms with Crippen molar-refractivity contribution in [3.8, 4) is 0 Å². The highest BCUT2D eigenvalue weighted by molar-refractivity contribution is 6.36. The van der Waals surface area contributed by atoms with Crippen molar-refractivity contribution in [3.63, 3.8) is 0 Å². The zero-order valence-electron chi connectivity index (χ0n) is 16.8. The fraction of sp³-hybridized carbons (Fsp3) is 0.364. The Morgan fingerprint density at radius 2 is 2.00 bits per heavy atom. The van der Waals surface area contributed by atoms with E-state index >= 15 is 0 Å². The second-order valence-corrected chi connectivity index (χ2v) is 8.91. The van der Waals surface area contributed by atoms with E-state index < -0.39 is 0 Å². The summed E-state index contributed by atoms with van der Waals surface area (Å²) in [6.45, 7) is 8.86. The number of hydrazone groups is 1. The second kappa shape index (κ2) is 7.76. The molecule has 0 aliphatic carbocycles. The molecule has 0 saturated carbocycles. The van der Waals surface area contributed by atoms with E-state index in [1.54, 1.807) is 18.3 Å². The lowest BCUT2D eigenvalue weighted by atomic mass is 9.79. The highest BCUT2D eigenvalue weighted by Crippen LogP contribution is 2.43. The second-order valence-electron chi connectivity index (χ2n) is 8.07. The van der Waals surface area contributed by atoms with Crippen molar-refractivity contribution in [1.82, 2.24) is 5.43 Å². The fourth-order valence-electron chi connectivity index (χ4n) is 3.77. The molecule has 1 aliphatic heterocycles. The summed E-state index contributed by atoms with van der Waals surface area (Å²) in [6, 6.07) is 9.12. The van der Waals surface area contributed by atoms with Crippen LogP contribution >= 0.6 is 23.2 Å². The number of rotatable bonds is 3. The fourth-order valence-corrected chi connectivity index (χ4v) is 4.26. The molecule has 0 saturated heterocycles. The van der Waals surface area contributed by atoms with E-state index in [9.17, 15) is 4.79 Å². The van der Waals surface area contributed by atoms with Gasteiger partial charge in [-0.3, -0.25) is 4.79 Å². The minimum Gasteiger partial charge on any atom is -0.369 e. The zero-order chi connectivity index (χ0) is 20.6. The number of anilines is 1. The van der Waals surface area contributed by atoms with Crippen LogP contribution in [0.3, 0.4) is 0 Å². The van der Waals surface area contributed by atoms with Crippen LogP contribution in [0.1, 0.15) is 60.2 Å². The summed E-state index contributed by atoms with van der Waals surface area (Å²) in [5.74, 6) is 0.0831. The number of benzene rings is 2. The Morgan fingerprint density at radius 1 is 1.29 bits per heavy atom. The first kappa shape index (κ1) is 20.7. The van der Waals surface area contributed by atoms with Gasteiger partial charge in [-0.05, 0) is 80.1 Å². The van der Waals surface area contributed by atoms with Crippen LogP contribution in [-0.2, 0) is 0 Å². The standard InChI is InChI=1S/C22H25Cl2N3O/c1-13-8-20-18(14(2)11-22(3,4)27(20)5)9-15(13)12-25-26-21(28)17-7-6-16(23)10-19(17)24/h6-10,12,14H,11H2,1-5H3,(H,26,28)/b25-12-/t14-/m0/s1. The number of carbonyl (C=O) groups is 1. The molecule has 1 N–H and O–H groups in total. The van der Waals surface area contributed by atoms with Crippen LogP contribution in [0.5, 0.6) is 0 Å². The third kappa shape index (κ3) is 4.03. The van der Waals surface area contributed by atoms with Crippen LogP contribution in [0.25, 0.3) is 0 Å². The minimum absolute atomic E-state index is 0.125. The molecule has 6 heteroatoms. The average Bonchev–Trinajstić information content (AvgIpc) is 2.60. The quantitative estimate of drug-likeness (QED) is 0.507. The molecule has 1 heterocycles. The van der Waals surface area contributed by atoms with Crippen molar-refractivity contribution in [1.29, 1.82) is 0 Å². The number of halogens is 2. The van der Waals surface area contributed by atoms with Crippen molar-refractivity contribution < 1.29 is 4.79 Å². The predicted molar refractivity (Wildman–Crippen MR) is 118 cm³/mol. The van der Waals surface area contributed by atoms with Crippen LogP contribution in [0.4, 0.5) is 5.69 Å². The first-order valence-electron chi connectivity index (χ1n) is 9.27. The van der Waals surface area contributed by atoms with E-state index in [4.69, 9.17) is 23.2 Å². The molecule has 1 amide bonds. The average molecular weight is 418 g/mol. The summed E-state index contributed by atoms with van der Waals surface area (Å²) in [5.41, 5.74) is 7.66. The Bertz CT molecular complexity index is 953. The van der Waals surface area contributed by atoms with Gasteiger partial charge in [0.1, 0.15) is 0 Å². The summed E-state index contributed by atoms with van der Waals surface area (Å²) in [4.78, 5) is 14.6. The molecule has 0 fully saturated rings. The Kier molecular flexibility index (Phi) is 5.74. The highest BCUT2D eigenvalue weighted by atomic mass is 35.5. The molecule has 0 bridgehead atoms. The first-order chi connectivity index (χ1) is 13.1. The molecule has 4 nitrogen and oxygen atoms in total. The van der Waals surface area contributed by atoms with E-state index in [1.807, 2.05) is 0 Å². The van der Waals surface area contributed by atoms with Crippen molar-refractivity contribution in [2.24, 2.45) is 5.10 Å². The Morgan fingerprint density at radius 3 is 2.68 bits per heavy atom. The highest BCUT2D eigenvalue weighted by Gasteiger charge is 2.34. The lowest BCUT2D eigenvalue weighted by molar-refractivity contribution is 0.0955. The van der Waals surface area contributed by atoms with E-state index in [1.165, 1.54) is 17.3 Å². The van der Waals surface area contributed by atoms with E-state index in [0.29, 0.717) is 21.5 Å². The van der Waals surface area contributed by atoms with Gasteiger partial charge in [-0.25, -0.2) is 5.43 Å². The molecular formula is C22H25Cl2N3O. The van der Waals surface area contributed by atoms with Gasteiger partial charge in [-0.1, -0.05) is 30.1 Å². The molecule has 2 aromatic rings. The first-order valence-corrected chi connectivity index (χ1v) is 10.0. The third-order valence-electron chi connectivity index (χ3n) is 5.57. The number of hydrogen-bond donors (Lipinski definition) is 1. The van der Waals surface area contributed by atoms with Crippen molar-refractivity contribution in [2.45, 2.75) is 45.6 Å². The maximum absolute atomic E-state index is 12.3. The smallest absolute Gasteiger partial charge is 0.272 e. The number of amides is 1. The third-order valence-corrected chi connectivity index (χ3v) is 6.11. The topological polar surface area (TPSA) is 44.7 Å². The summed E-state index contributed by atoms with van der Waals surface area (Å²) < 4.78 is 0. The van der Waals surface area contributed by atoms with Gasteiger partial charge in [-0.2, -0.15) is 5.10 Å². The Balaban J connectivity index is 1.81. The van der Waals surface area contributed by atoms with E-state index in [2.05, 4.69) is 62.3 Å². The van der Waals surface area contributed by atoms with Gasteiger partial charge in [0.25, 0.3) is 5.91 Å². The van der Waals surface area contributed by atoms with Gasteiger partial charge in [-0.15, -0.1) is 0 Å². The zero-order valence-corrected chi connectivity index (χ0v) is 18.3. The lowest BCUT2D eigenvalue weighted by Gasteiger charge is -2.45. The molecule has 3 rings (SSSR count). The molecule has 2 aromatic carbocycles. The largest absolute Gasteiger partial charge is 0.369 e. The molecule has 1 aliphatic rings. The Hall–Kier alpha value is -2.04. The van der Waals surface area contributed by atoms with Gasteiger partial charge in [0.2, 0.25) is 0 Å². The number of nitrogens with one attached hydrogen (secondary N) is 1. The monoisotopic (exact) mass is 417 g/mol. The van der Waals surface area contributed by atoms with Gasteiger partial charge < -0.3 is 4.90 Å². The summed E-state index contributed by atoms with van der Waals surface area (Å²) in [6.07, 6.45) is 2.77. The summed E-state index contributed by atoms with van der Waals surface area (Å²) in [5, 5.41) is 4.91. The molecule has 0 aromatic heterocycles. The summed E-state index contributed by atoms with van der Waals surface area (Å²) >= 11 is 11.9. The number of nitrogens with zero attached hydrogens (tertiary/aromatic N) is 2. The maximum Gasteiger partial charge on any atom is 0.272 e. The number of hydrogen-bond acceptors (Lipinski definition) is 3. The van der Waals surface area contributed by atoms with Gasteiger partial charge in [0, 0.05) is 23.3 Å². The van der Waals surface area contributed by atoms with Crippen LogP contribution in [0.2, 0.25) is 10.0 Å². The molecule has 0 unspecified atom stereocenters. The van der Waals surface area contributed by atoms with E-state index in [-0.39, 0.29) is 11.4 Å². The molecule has 1 atom stereocenters. The van der Waals surface area contributed by atoms with Crippen molar-refractivity contribution in [3.05, 3.63) is 62.6 Å². The molecule has 0 radical (unpaired) electrons. The van der Waals surface area contributed by atoms with Crippen LogP contribution in [0, 0.1) is 6.92 Å². The van der Waals surface area contributed by atoms with E-state index in [0.717, 1.165) is 17.5 Å². The summed E-state index contributed by atoms with van der Waals surface area (Å²) in [7, 11) is 2.15. The van der Waals surface area contributed by atoms with Crippen LogP contribution < -0.4 is 10.3 Å². The van der Waals surface area contributed by atoms with Crippen LogP contribution in [-0.4, -0.2) is 24.7 Å². The normalized spacial score (nSPS) is 18.2. The van der Waals surface area contributed by atoms with Gasteiger partial charge >= 0.3 is 0 Å². The number of carbonyl (C=O) groups excluding carboxylic acids is 1. The molecule has 148 valence electrons. The van der Waals surface area contributed by atoms with Crippen molar-refractivity contribution >= 4 is 41.0 Å². The van der Waals surface area contributed by atoms with Crippen LogP contribution in [0.15, 0.2) is 35.4 Å². The van der Waals surface area contributed by atoms with Gasteiger partial charge in [0.05, 0.1) is 16.8 Å². The lowest BCUT2D eigenvalue weighted by Crippen LogP contribution is -2.45. The SMILES string of the molecule is Cc1cc2c(cc1/C=N\NC(=O)c1ccc(Cl)cc1Cl)[C@@H](C)CC(C)(C)N2C. The molecule has 28 heavy (non-hydrogen) atoms. The number of fused-ring (bicyclic) bond motifs is 1. The minimum atomic E-state index is -0.372. The maximum atomic E-state index is 12.3. The molecular weight excluding hydrogens is 393 g/mol. The Labute approximate surface area is 176 Å². The number of aryl methyl sites for hydroxylation is 1.